The van der Waals surface area contributed by atoms with Crippen molar-refractivity contribution >= 4 is 11.2 Å². The molecule has 18 heavy (non-hydrogen) atoms. The van der Waals surface area contributed by atoms with Crippen molar-refractivity contribution in [1.29, 1.82) is 0 Å². The number of hydrogen-bond donors (Lipinski definition) is 2. The molecule has 0 aliphatic rings. The van der Waals surface area contributed by atoms with Gasteiger partial charge in [0, 0.05) is 18.5 Å². The number of aromatic amines is 1. The molecule has 5 heteroatoms. The van der Waals surface area contributed by atoms with Gasteiger partial charge in [-0.15, -0.1) is 0 Å². The molecule has 0 spiro atoms. The van der Waals surface area contributed by atoms with Gasteiger partial charge in [0.2, 0.25) is 5.88 Å². The Morgan fingerprint density at radius 3 is 2.67 bits per heavy atom. The molecule has 2 rings (SSSR count). The fourth-order valence-corrected chi connectivity index (χ4v) is 1.65. The Morgan fingerprint density at radius 1 is 1.33 bits per heavy atom. The van der Waals surface area contributed by atoms with Gasteiger partial charge < -0.3 is 15.5 Å². The Labute approximate surface area is 107 Å². The summed E-state index contributed by atoms with van der Waals surface area (Å²) in [7, 11) is 1.59. The lowest BCUT2D eigenvalue weighted by Crippen LogP contribution is -2.37. The molecule has 0 fully saturated rings. The van der Waals surface area contributed by atoms with E-state index in [-0.39, 0.29) is 11.5 Å². The van der Waals surface area contributed by atoms with Gasteiger partial charge in [0.15, 0.2) is 5.65 Å². The summed E-state index contributed by atoms with van der Waals surface area (Å²) in [6.07, 6.45) is 0.710. The van der Waals surface area contributed by atoms with Crippen LogP contribution in [0.25, 0.3) is 11.2 Å². The van der Waals surface area contributed by atoms with Gasteiger partial charge in [0.05, 0.1) is 12.6 Å². The predicted octanol–water partition coefficient (Wildman–Crippen LogP) is 1.88. The Hall–Kier alpha value is -1.62. The summed E-state index contributed by atoms with van der Waals surface area (Å²) in [6, 6.07) is 3.79. The molecule has 5 nitrogen and oxygen atoms in total. The molecule has 1 atom stereocenters. The van der Waals surface area contributed by atoms with Crippen molar-refractivity contribution in [3.05, 3.63) is 18.0 Å². The number of ether oxygens (including phenoxy) is 1. The number of nitrogens with one attached hydrogen (secondary N) is 1. The molecule has 0 bridgehead atoms. The number of methoxy groups -OCH3 is 1. The fraction of sp³-hybridized carbons (Fsp3) is 0.538. The van der Waals surface area contributed by atoms with Crippen LogP contribution in [0, 0.1) is 5.41 Å². The minimum atomic E-state index is 0.0555. The Kier molecular flexibility index (Phi) is 3.26. The highest BCUT2D eigenvalue weighted by molar-refractivity contribution is 5.71. The first-order valence-corrected chi connectivity index (χ1v) is 6.05. The average Bonchev–Trinajstić information content (AvgIpc) is 2.68. The quantitative estimate of drug-likeness (QED) is 0.869. The molecule has 1 unspecified atom stereocenters. The topological polar surface area (TPSA) is 76.8 Å². The minimum Gasteiger partial charge on any atom is -0.481 e. The monoisotopic (exact) mass is 248 g/mol. The van der Waals surface area contributed by atoms with Crippen LogP contribution in [0.3, 0.4) is 0 Å². The molecule has 2 heterocycles. The van der Waals surface area contributed by atoms with Gasteiger partial charge >= 0.3 is 0 Å². The van der Waals surface area contributed by atoms with Gasteiger partial charge in [-0.05, 0) is 11.5 Å². The van der Waals surface area contributed by atoms with Crippen LogP contribution in [0.2, 0.25) is 0 Å². The van der Waals surface area contributed by atoms with Gasteiger partial charge in [-0.1, -0.05) is 20.8 Å². The zero-order valence-electron chi connectivity index (χ0n) is 11.3. The van der Waals surface area contributed by atoms with E-state index in [1.165, 1.54) is 0 Å². The summed E-state index contributed by atoms with van der Waals surface area (Å²) < 4.78 is 5.08. The molecule has 3 N–H and O–H groups in total. The van der Waals surface area contributed by atoms with Gasteiger partial charge in [-0.25, -0.2) is 4.98 Å². The molecule has 0 radical (unpaired) electrons. The zero-order valence-corrected chi connectivity index (χ0v) is 11.3. The van der Waals surface area contributed by atoms with Gasteiger partial charge in [0.1, 0.15) is 5.82 Å². The average molecular weight is 248 g/mol. The summed E-state index contributed by atoms with van der Waals surface area (Å²) in [5.74, 6) is 1.44. The van der Waals surface area contributed by atoms with E-state index in [1.807, 2.05) is 12.1 Å². The van der Waals surface area contributed by atoms with E-state index >= 15 is 0 Å². The molecule has 2 aromatic heterocycles. The van der Waals surface area contributed by atoms with Crippen molar-refractivity contribution in [2.75, 3.05) is 7.11 Å². The second-order valence-electron chi connectivity index (χ2n) is 5.58. The van der Waals surface area contributed by atoms with Crippen LogP contribution in [-0.2, 0) is 6.42 Å². The van der Waals surface area contributed by atoms with Crippen LogP contribution in [0.4, 0.5) is 0 Å². The van der Waals surface area contributed by atoms with E-state index in [4.69, 9.17) is 10.5 Å². The maximum absolute atomic E-state index is 6.16. The van der Waals surface area contributed by atoms with E-state index in [9.17, 15) is 0 Å². The first kappa shape index (κ1) is 12.8. The summed E-state index contributed by atoms with van der Waals surface area (Å²) in [5.41, 5.74) is 7.80. The van der Waals surface area contributed by atoms with Crippen LogP contribution in [-0.4, -0.2) is 28.1 Å². The minimum absolute atomic E-state index is 0.0555. The molecular weight excluding hydrogens is 228 g/mol. The Morgan fingerprint density at radius 2 is 2.06 bits per heavy atom. The van der Waals surface area contributed by atoms with Crippen molar-refractivity contribution < 1.29 is 4.74 Å². The molecule has 0 aliphatic heterocycles. The number of imidazole rings is 1. The molecule has 0 aliphatic carbocycles. The van der Waals surface area contributed by atoms with E-state index in [2.05, 4.69) is 35.7 Å². The van der Waals surface area contributed by atoms with Crippen molar-refractivity contribution in [1.82, 2.24) is 15.0 Å². The van der Waals surface area contributed by atoms with E-state index in [1.54, 1.807) is 7.11 Å². The number of H-pyrrole nitrogens is 1. The van der Waals surface area contributed by atoms with Crippen LogP contribution in [0.15, 0.2) is 12.1 Å². The van der Waals surface area contributed by atoms with Crippen molar-refractivity contribution in [3.8, 4) is 5.88 Å². The summed E-state index contributed by atoms with van der Waals surface area (Å²) in [4.78, 5) is 12.0. The molecule has 0 saturated heterocycles. The first-order valence-electron chi connectivity index (χ1n) is 6.05. The van der Waals surface area contributed by atoms with Gasteiger partial charge in [-0.2, -0.15) is 4.98 Å². The zero-order chi connectivity index (χ0) is 13.3. The number of hydrogen-bond acceptors (Lipinski definition) is 4. The summed E-state index contributed by atoms with van der Waals surface area (Å²) in [5, 5.41) is 0. The molecule has 2 aromatic rings. The van der Waals surface area contributed by atoms with Crippen molar-refractivity contribution in [2.24, 2.45) is 11.1 Å². The number of fused-ring (bicyclic) bond motifs is 1. The van der Waals surface area contributed by atoms with Crippen LogP contribution in [0.1, 0.15) is 26.6 Å². The normalized spacial score (nSPS) is 13.8. The highest BCUT2D eigenvalue weighted by atomic mass is 16.5. The van der Waals surface area contributed by atoms with E-state index in [0.29, 0.717) is 17.9 Å². The van der Waals surface area contributed by atoms with E-state index < -0.39 is 0 Å². The third-order valence-corrected chi connectivity index (χ3v) is 3.10. The number of pyridine rings is 1. The molecule has 0 amide bonds. The lowest BCUT2D eigenvalue weighted by Gasteiger charge is -2.26. The number of nitrogens with zero attached hydrogens (tertiary/aromatic N) is 2. The lowest BCUT2D eigenvalue weighted by molar-refractivity contribution is 0.315. The van der Waals surface area contributed by atoms with E-state index in [0.717, 1.165) is 11.3 Å². The smallest absolute Gasteiger partial charge is 0.215 e. The lowest BCUT2D eigenvalue weighted by atomic mass is 9.85. The SMILES string of the molecule is COc1ccc2[nH]c(CC(N)C(C)(C)C)nc2n1. The second kappa shape index (κ2) is 4.57. The van der Waals surface area contributed by atoms with Crippen molar-refractivity contribution in [2.45, 2.75) is 33.2 Å². The molecule has 0 aromatic carbocycles. The maximum Gasteiger partial charge on any atom is 0.215 e. The molecule has 0 saturated carbocycles. The van der Waals surface area contributed by atoms with Crippen LogP contribution >= 0.6 is 0 Å². The first-order chi connectivity index (χ1) is 8.40. The van der Waals surface area contributed by atoms with Crippen molar-refractivity contribution in [3.63, 3.8) is 0 Å². The Bertz CT molecular complexity index is 541. The molecule has 98 valence electrons. The summed E-state index contributed by atoms with van der Waals surface area (Å²) in [6.45, 7) is 6.38. The second-order valence-corrected chi connectivity index (χ2v) is 5.58. The standard InChI is InChI=1S/C13H20N4O/c1-13(2,3)9(14)7-10-15-8-5-6-11(18-4)17-12(8)16-10/h5-6,9H,7,14H2,1-4H3,(H,15,16,17). The van der Waals surface area contributed by atoms with Crippen LogP contribution in [0.5, 0.6) is 5.88 Å². The Balaban J connectivity index is 2.25. The third-order valence-electron chi connectivity index (χ3n) is 3.10. The fourth-order valence-electron chi connectivity index (χ4n) is 1.65. The highest BCUT2D eigenvalue weighted by Crippen LogP contribution is 2.21. The number of rotatable bonds is 3. The van der Waals surface area contributed by atoms with Gasteiger partial charge in [-0.3, -0.25) is 0 Å². The van der Waals surface area contributed by atoms with Gasteiger partial charge in [0.25, 0.3) is 0 Å². The maximum atomic E-state index is 6.16. The largest absolute Gasteiger partial charge is 0.481 e. The number of nitrogens with two attached hydrogens (primary N) is 1. The summed E-state index contributed by atoms with van der Waals surface area (Å²) >= 11 is 0. The highest BCUT2D eigenvalue weighted by Gasteiger charge is 2.22. The predicted molar refractivity (Wildman–Crippen MR) is 71.6 cm³/mol. The third kappa shape index (κ3) is 2.61. The molecular formula is C13H20N4O. The van der Waals surface area contributed by atoms with Crippen LogP contribution < -0.4 is 10.5 Å². The number of aromatic nitrogens is 3.